The maximum absolute atomic E-state index is 12.7. The average molecular weight is 459 g/mol. The summed E-state index contributed by atoms with van der Waals surface area (Å²) in [6.45, 7) is 6.04. The van der Waals surface area contributed by atoms with Crippen molar-refractivity contribution in [1.82, 2.24) is 9.88 Å². The molecule has 8 nitrogen and oxygen atoms in total. The first-order valence-corrected chi connectivity index (χ1v) is 10.5. The fraction of sp³-hybridized carbons (Fsp3) is 0.435. The summed E-state index contributed by atoms with van der Waals surface area (Å²) in [5.41, 5.74) is 3.96. The third kappa shape index (κ3) is 5.35. The largest absolute Gasteiger partial charge is 0.495 e. The number of hydrogen-bond donors (Lipinski definition) is 1. The number of amides is 1. The van der Waals surface area contributed by atoms with Crippen LogP contribution in [0.3, 0.4) is 0 Å². The van der Waals surface area contributed by atoms with E-state index in [4.69, 9.17) is 10.00 Å². The molecule has 1 fully saturated rings. The highest BCUT2D eigenvalue weighted by Gasteiger charge is 2.25. The minimum Gasteiger partial charge on any atom is -0.495 e. The van der Waals surface area contributed by atoms with E-state index in [9.17, 15) is 4.79 Å². The van der Waals surface area contributed by atoms with Crippen molar-refractivity contribution in [2.75, 3.05) is 69.0 Å². The number of methoxy groups -OCH3 is 1. The van der Waals surface area contributed by atoms with Crippen molar-refractivity contribution in [3.05, 3.63) is 41.7 Å². The SMILES string of the molecule is CCCNc1c(C(=O)N(C)C)cncc1N1CCN(c2ccc(C#N)cc2OC)CC1.Cl. The normalized spacial score (nSPS) is 13.1. The Kier molecular flexibility index (Phi) is 8.97. The zero-order chi connectivity index (χ0) is 22.4. The minimum absolute atomic E-state index is 0. The number of hydrogen-bond acceptors (Lipinski definition) is 7. The molecule has 1 N–H and O–H groups in total. The Hall–Kier alpha value is -3.18. The van der Waals surface area contributed by atoms with Gasteiger partial charge >= 0.3 is 0 Å². The Bertz CT molecular complexity index is 967. The molecule has 9 heteroatoms. The van der Waals surface area contributed by atoms with Gasteiger partial charge in [-0.1, -0.05) is 6.92 Å². The van der Waals surface area contributed by atoms with Gasteiger partial charge in [0.2, 0.25) is 0 Å². The molecule has 0 radical (unpaired) electrons. The lowest BCUT2D eigenvalue weighted by Gasteiger charge is -2.38. The molecule has 1 aromatic heterocycles. The Morgan fingerprint density at radius 1 is 1.19 bits per heavy atom. The first kappa shape index (κ1) is 25.1. The van der Waals surface area contributed by atoms with Crippen molar-refractivity contribution in [2.24, 2.45) is 0 Å². The van der Waals surface area contributed by atoms with Gasteiger partial charge in [-0.2, -0.15) is 5.26 Å². The lowest BCUT2D eigenvalue weighted by molar-refractivity contribution is 0.0828. The number of aromatic nitrogens is 1. The van der Waals surface area contributed by atoms with Crippen molar-refractivity contribution >= 4 is 35.4 Å². The third-order valence-electron chi connectivity index (χ3n) is 5.38. The average Bonchev–Trinajstić information content (AvgIpc) is 2.81. The molecular weight excluding hydrogens is 428 g/mol. The van der Waals surface area contributed by atoms with Gasteiger partial charge in [-0.05, 0) is 18.6 Å². The van der Waals surface area contributed by atoms with Crippen molar-refractivity contribution < 1.29 is 9.53 Å². The van der Waals surface area contributed by atoms with Gasteiger partial charge in [0.05, 0.1) is 47.6 Å². The van der Waals surface area contributed by atoms with Crippen molar-refractivity contribution in [3.63, 3.8) is 0 Å². The van der Waals surface area contributed by atoms with Crippen LogP contribution >= 0.6 is 12.4 Å². The predicted molar refractivity (Wildman–Crippen MR) is 130 cm³/mol. The molecular formula is C23H31ClN6O2. The Balaban J connectivity index is 0.00000363. The first-order valence-electron chi connectivity index (χ1n) is 10.5. The number of pyridine rings is 1. The van der Waals surface area contributed by atoms with Gasteiger partial charge in [-0.25, -0.2) is 0 Å². The second kappa shape index (κ2) is 11.4. The number of nitrogens with zero attached hydrogens (tertiary/aromatic N) is 5. The molecule has 1 amide bonds. The molecule has 3 rings (SSSR count). The lowest BCUT2D eigenvalue weighted by atomic mass is 10.1. The zero-order valence-corrected chi connectivity index (χ0v) is 19.9. The van der Waals surface area contributed by atoms with E-state index in [1.807, 2.05) is 18.3 Å². The monoisotopic (exact) mass is 458 g/mol. The highest BCUT2D eigenvalue weighted by molar-refractivity contribution is 6.02. The maximum atomic E-state index is 12.7. The Morgan fingerprint density at radius 3 is 2.41 bits per heavy atom. The van der Waals surface area contributed by atoms with Gasteiger partial charge < -0.3 is 24.8 Å². The fourth-order valence-electron chi connectivity index (χ4n) is 3.72. The van der Waals surface area contributed by atoms with E-state index in [1.54, 1.807) is 38.4 Å². The zero-order valence-electron chi connectivity index (χ0n) is 19.1. The summed E-state index contributed by atoms with van der Waals surface area (Å²) in [6, 6.07) is 7.69. The summed E-state index contributed by atoms with van der Waals surface area (Å²) < 4.78 is 5.51. The summed E-state index contributed by atoms with van der Waals surface area (Å²) in [7, 11) is 5.13. The van der Waals surface area contributed by atoms with Crippen LogP contribution in [0, 0.1) is 11.3 Å². The molecule has 0 unspecified atom stereocenters. The van der Waals surface area contributed by atoms with Crippen LogP contribution in [0.4, 0.5) is 17.1 Å². The molecule has 0 bridgehead atoms. The van der Waals surface area contributed by atoms with Crippen LogP contribution in [-0.4, -0.2) is 69.7 Å². The highest BCUT2D eigenvalue weighted by atomic mass is 35.5. The summed E-state index contributed by atoms with van der Waals surface area (Å²) in [5.74, 6) is 0.645. The number of halogens is 1. The molecule has 1 saturated heterocycles. The van der Waals surface area contributed by atoms with Crippen LogP contribution in [0.5, 0.6) is 5.75 Å². The molecule has 0 saturated carbocycles. The molecule has 1 aliphatic rings. The molecule has 172 valence electrons. The van der Waals surface area contributed by atoms with E-state index in [0.29, 0.717) is 16.9 Å². The molecule has 0 aliphatic carbocycles. The molecule has 2 aromatic rings. The van der Waals surface area contributed by atoms with Crippen LogP contribution in [0.2, 0.25) is 0 Å². The quantitative estimate of drug-likeness (QED) is 0.681. The fourth-order valence-corrected chi connectivity index (χ4v) is 3.72. The first-order chi connectivity index (χ1) is 15.0. The van der Waals surface area contributed by atoms with Gasteiger partial charge in [-0.3, -0.25) is 9.78 Å². The Morgan fingerprint density at radius 2 is 1.84 bits per heavy atom. The van der Waals surface area contributed by atoms with E-state index in [2.05, 4.69) is 33.1 Å². The molecule has 0 spiro atoms. The van der Waals surface area contributed by atoms with E-state index < -0.39 is 0 Å². The van der Waals surface area contributed by atoms with E-state index >= 15 is 0 Å². The van der Waals surface area contributed by atoms with Crippen molar-refractivity contribution in [1.29, 1.82) is 5.26 Å². The second-order valence-corrected chi connectivity index (χ2v) is 7.68. The maximum Gasteiger partial charge on any atom is 0.257 e. The number of nitriles is 1. The Labute approximate surface area is 196 Å². The van der Waals surface area contributed by atoms with Crippen LogP contribution in [-0.2, 0) is 0 Å². The summed E-state index contributed by atoms with van der Waals surface area (Å²) in [5, 5.41) is 12.6. The number of anilines is 3. The third-order valence-corrected chi connectivity index (χ3v) is 5.38. The predicted octanol–water partition coefficient (Wildman–Crippen LogP) is 3.23. The van der Waals surface area contributed by atoms with Crippen molar-refractivity contribution in [3.8, 4) is 11.8 Å². The number of rotatable bonds is 7. The second-order valence-electron chi connectivity index (χ2n) is 7.68. The summed E-state index contributed by atoms with van der Waals surface area (Å²) in [4.78, 5) is 23.2. The summed E-state index contributed by atoms with van der Waals surface area (Å²) in [6.07, 6.45) is 4.44. The lowest BCUT2D eigenvalue weighted by Crippen LogP contribution is -2.47. The smallest absolute Gasteiger partial charge is 0.257 e. The molecule has 1 aliphatic heterocycles. The van der Waals surface area contributed by atoms with E-state index in [-0.39, 0.29) is 18.3 Å². The molecule has 32 heavy (non-hydrogen) atoms. The topological polar surface area (TPSA) is 84.7 Å². The summed E-state index contributed by atoms with van der Waals surface area (Å²) >= 11 is 0. The van der Waals surface area contributed by atoms with Gasteiger partial charge in [0.1, 0.15) is 5.75 Å². The van der Waals surface area contributed by atoms with Crippen LogP contribution in [0.1, 0.15) is 29.3 Å². The number of ether oxygens (including phenoxy) is 1. The highest BCUT2D eigenvalue weighted by Crippen LogP contribution is 2.33. The number of nitrogens with one attached hydrogen (secondary N) is 1. The standard InChI is InChI=1S/C23H30N6O2.ClH/c1-5-8-26-22-18(23(30)27(2)3)15-25-16-20(22)29-11-9-28(10-12-29)19-7-6-17(14-24)13-21(19)31-4;/h6-7,13,15-16H,5,8-12H2,1-4H3,(H,25,26);1H. The van der Waals surface area contributed by atoms with Crippen LogP contribution < -0.4 is 19.9 Å². The molecule has 0 atom stereocenters. The van der Waals surface area contributed by atoms with Crippen LogP contribution in [0.25, 0.3) is 0 Å². The minimum atomic E-state index is -0.0612. The van der Waals surface area contributed by atoms with Gasteiger partial charge in [0.25, 0.3) is 5.91 Å². The van der Waals surface area contributed by atoms with Gasteiger partial charge in [-0.15, -0.1) is 12.4 Å². The molecule has 1 aromatic carbocycles. The van der Waals surface area contributed by atoms with Crippen molar-refractivity contribution in [2.45, 2.75) is 13.3 Å². The number of piperazine rings is 1. The van der Waals surface area contributed by atoms with E-state index in [0.717, 1.165) is 56.2 Å². The van der Waals surface area contributed by atoms with E-state index in [1.165, 1.54) is 0 Å². The van der Waals surface area contributed by atoms with Gasteiger partial charge in [0, 0.05) is 59.1 Å². The molecule has 2 heterocycles. The van der Waals surface area contributed by atoms with Gasteiger partial charge in [0.15, 0.2) is 0 Å². The number of carbonyl (C=O) groups excluding carboxylic acids is 1. The number of carbonyl (C=O) groups is 1. The number of benzene rings is 1. The van der Waals surface area contributed by atoms with Crippen LogP contribution in [0.15, 0.2) is 30.6 Å².